The fraction of sp³-hybridized carbons (Fsp3) is 0. The van der Waals surface area contributed by atoms with Crippen LogP contribution < -0.4 is 14.8 Å². The summed E-state index contributed by atoms with van der Waals surface area (Å²) < 4.78 is 55.8. The van der Waals surface area contributed by atoms with Crippen LogP contribution in [0.4, 0.5) is 17.1 Å². The van der Waals surface area contributed by atoms with Crippen LogP contribution in [0.2, 0.25) is 0 Å². The molecule has 1 amide bonds. The fourth-order valence-corrected chi connectivity index (χ4v) is 6.44. The zero-order valence-corrected chi connectivity index (χ0v) is 21.3. The lowest BCUT2D eigenvalue weighted by Gasteiger charge is -2.11. The molecule has 10 nitrogen and oxygen atoms in total. The Balaban J connectivity index is 1.28. The van der Waals surface area contributed by atoms with E-state index >= 15 is 0 Å². The molecule has 5 rings (SSSR count). The van der Waals surface area contributed by atoms with Gasteiger partial charge in [0.05, 0.1) is 32.9 Å². The van der Waals surface area contributed by atoms with Crippen molar-refractivity contribution in [2.45, 2.75) is 9.79 Å². The molecule has 0 unspecified atom stereocenters. The minimum Gasteiger partial charge on any atom is -0.321 e. The normalized spacial score (nSPS) is 11.8. The molecule has 188 valence electrons. The predicted octanol–water partition coefficient (Wildman–Crippen LogP) is 4.48. The van der Waals surface area contributed by atoms with Gasteiger partial charge in [0, 0.05) is 11.1 Å². The number of nitrogens with one attached hydrogen (secondary N) is 4. The van der Waals surface area contributed by atoms with Crippen molar-refractivity contribution in [3.8, 4) is 0 Å². The van der Waals surface area contributed by atoms with E-state index in [-0.39, 0.29) is 20.4 Å². The van der Waals surface area contributed by atoms with Crippen molar-refractivity contribution < 1.29 is 21.6 Å². The summed E-state index contributed by atoms with van der Waals surface area (Å²) in [4.78, 5) is 13.1. The maximum atomic E-state index is 12.9. The number of hydrogen-bond acceptors (Lipinski definition) is 7. The third-order valence-electron chi connectivity index (χ3n) is 5.29. The molecule has 2 heterocycles. The monoisotopic (exact) mass is 553 g/mol. The van der Waals surface area contributed by atoms with Crippen molar-refractivity contribution in [1.82, 2.24) is 10.2 Å². The number of amides is 1. The largest absolute Gasteiger partial charge is 0.321 e. The first-order valence-corrected chi connectivity index (χ1v) is 14.6. The third kappa shape index (κ3) is 5.33. The molecule has 0 aliphatic heterocycles. The van der Waals surface area contributed by atoms with Gasteiger partial charge in [0.2, 0.25) is 0 Å². The first kappa shape index (κ1) is 24.5. The Kier molecular flexibility index (Phi) is 6.41. The Morgan fingerprint density at radius 2 is 1.46 bits per heavy atom. The average molecular weight is 554 g/mol. The van der Waals surface area contributed by atoms with E-state index < -0.39 is 26.0 Å². The number of fused-ring (bicyclic) bond motifs is 1. The zero-order chi connectivity index (χ0) is 26.0. The van der Waals surface area contributed by atoms with E-state index in [0.29, 0.717) is 16.9 Å². The summed E-state index contributed by atoms with van der Waals surface area (Å²) in [6, 6.07) is 20.0. The number of carbonyl (C=O) groups is 1. The topological polar surface area (TPSA) is 150 Å². The van der Waals surface area contributed by atoms with Crippen molar-refractivity contribution in [3.63, 3.8) is 0 Å². The molecule has 0 saturated heterocycles. The number of benzene rings is 3. The Morgan fingerprint density at radius 3 is 2.22 bits per heavy atom. The summed E-state index contributed by atoms with van der Waals surface area (Å²) in [5.74, 6) is -0.539. The number of aromatic nitrogens is 2. The second-order valence-corrected chi connectivity index (χ2v) is 12.1. The van der Waals surface area contributed by atoms with Crippen LogP contribution in [0.25, 0.3) is 10.9 Å². The third-order valence-corrected chi connectivity index (χ3v) is 8.98. The van der Waals surface area contributed by atoms with Crippen LogP contribution in [-0.2, 0) is 20.0 Å². The molecular formula is C24H19N5O5S3. The van der Waals surface area contributed by atoms with Gasteiger partial charge in [-0.3, -0.25) is 19.3 Å². The predicted molar refractivity (Wildman–Crippen MR) is 143 cm³/mol. The summed E-state index contributed by atoms with van der Waals surface area (Å²) in [6.07, 6.45) is 1.64. The molecule has 5 aromatic rings. The highest BCUT2D eigenvalue weighted by atomic mass is 32.2. The Bertz CT molecular complexity index is 1800. The molecule has 0 radical (unpaired) electrons. The molecule has 0 fully saturated rings. The van der Waals surface area contributed by atoms with Gasteiger partial charge < -0.3 is 5.32 Å². The second-order valence-electron chi connectivity index (χ2n) is 7.84. The highest BCUT2D eigenvalue weighted by molar-refractivity contribution is 7.93. The van der Waals surface area contributed by atoms with Gasteiger partial charge in [0.15, 0.2) is 0 Å². The number of rotatable bonds is 8. The molecule has 0 saturated carbocycles. The van der Waals surface area contributed by atoms with E-state index in [4.69, 9.17) is 0 Å². The van der Waals surface area contributed by atoms with Gasteiger partial charge in [0.1, 0.15) is 4.88 Å². The lowest BCUT2D eigenvalue weighted by Crippen LogP contribution is -2.17. The van der Waals surface area contributed by atoms with Crippen LogP contribution in [0.15, 0.2) is 100 Å². The molecule has 0 bridgehead atoms. The summed E-state index contributed by atoms with van der Waals surface area (Å²) >= 11 is 1.07. The number of nitrogens with zero attached hydrogens (tertiary/aromatic N) is 1. The first-order valence-electron chi connectivity index (χ1n) is 10.7. The van der Waals surface area contributed by atoms with Gasteiger partial charge in [-0.1, -0.05) is 18.2 Å². The Labute approximate surface area is 216 Å². The van der Waals surface area contributed by atoms with Crippen LogP contribution in [0, 0.1) is 0 Å². The van der Waals surface area contributed by atoms with Crippen LogP contribution >= 0.6 is 11.3 Å². The molecule has 0 aliphatic carbocycles. The van der Waals surface area contributed by atoms with Gasteiger partial charge >= 0.3 is 0 Å². The van der Waals surface area contributed by atoms with Crippen LogP contribution in [0.5, 0.6) is 0 Å². The van der Waals surface area contributed by atoms with Crippen LogP contribution in [0.1, 0.15) is 9.67 Å². The Hall–Kier alpha value is -4.20. The maximum Gasteiger partial charge on any atom is 0.267 e. The van der Waals surface area contributed by atoms with Gasteiger partial charge in [0.25, 0.3) is 26.0 Å². The molecule has 0 spiro atoms. The summed E-state index contributed by atoms with van der Waals surface area (Å²) in [7, 11) is -7.75. The fourth-order valence-electron chi connectivity index (χ4n) is 3.49. The number of thiophene rings is 1. The van der Waals surface area contributed by atoms with E-state index in [2.05, 4.69) is 25.0 Å². The maximum absolute atomic E-state index is 12.9. The smallest absolute Gasteiger partial charge is 0.267 e. The second kappa shape index (κ2) is 9.69. The van der Waals surface area contributed by atoms with Crippen LogP contribution in [0.3, 0.4) is 0 Å². The standard InChI is InChI=1S/C24H19N5O5S3/c30-24(23-21(12-13-35-23)29-37(33,34)19-4-2-1-3-5-19)26-17-8-10-20(11-9-17)36(31,32)28-18-7-6-16-15-25-27-22(16)14-18/h1-15,28-29H,(H,25,27)(H,26,30). The number of H-pyrrole nitrogens is 1. The lowest BCUT2D eigenvalue weighted by molar-refractivity contribution is 0.103. The van der Waals surface area contributed by atoms with Crippen molar-refractivity contribution >= 4 is 65.3 Å². The highest BCUT2D eigenvalue weighted by Crippen LogP contribution is 2.27. The minimum atomic E-state index is -3.88. The SMILES string of the molecule is O=C(Nc1ccc(S(=O)(=O)Nc2ccc3cn[nH]c3c2)cc1)c1sccc1NS(=O)(=O)c1ccccc1. The highest BCUT2D eigenvalue weighted by Gasteiger charge is 2.20. The van der Waals surface area contributed by atoms with Crippen molar-refractivity contribution in [1.29, 1.82) is 0 Å². The van der Waals surface area contributed by atoms with Gasteiger partial charge in [-0.05, 0) is 66.0 Å². The molecule has 4 N–H and O–H groups in total. The quantitative estimate of drug-likeness (QED) is 0.223. The number of sulfonamides is 2. The van der Waals surface area contributed by atoms with Gasteiger partial charge in [-0.25, -0.2) is 16.8 Å². The van der Waals surface area contributed by atoms with Crippen molar-refractivity contribution in [2.75, 3.05) is 14.8 Å². The molecule has 0 atom stereocenters. The molecule has 2 aromatic heterocycles. The van der Waals surface area contributed by atoms with Gasteiger partial charge in [-0.2, -0.15) is 5.10 Å². The number of aromatic amines is 1. The molecule has 3 aromatic carbocycles. The number of carbonyl (C=O) groups excluding carboxylic acids is 1. The molecular weight excluding hydrogens is 534 g/mol. The molecule has 13 heteroatoms. The van der Waals surface area contributed by atoms with E-state index in [9.17, 15) is 21.6 Å². The lowest BCUT2D eigenvalue weighted by atomic mass is 10.2. The van der Waals surface area contributed by atoms with E-state index in [0.717, 1.165) is 16.7 Å². The number of anilines is 3. The Morgan fingerprint density at radius 1 is 0.784 bits per heavy atom. The summed E-state index contributed by atoms with van der Waals surface area (Å²) in [5, 5.41) is 11.8. The van der Waals surface area contributed by atoms with Gasteiger partial charge in [-0.15, -0.1) is 11.3 Å². The van der Waals surface area contributed by atoms with Crippen LogP contribution in [-0.4, -0.2) is 32.9 Å². The molecule has 0 aliphatic rings. The van der Waals surface area contributed by atoms with E-state index in [1.165, 1.54) is 42.5 Å². The summed E-state index contributed by atoms with van der Waals surface area (Å²) in [6.45, 7) is 0. The van der Waals surface area contributed by atoms with Crippen molar-refractivity contribution in [3.05, 3.63) is 95.3 Å². The van der Waals surface area contributed by atoms with E-state index in [1.54, 1.807) is 48.0 Å². The first-order chi connectivity index (χ1) is 17.7. The van der Waals surface area contributed by atoms with E-state index in [1.807, 2.05) is 0 Å². The summed E-state index contributed by atoms with van der Waals surface area (Å²) in [5.41, 5.74) is 1.55. The number of hydrogen-bond donors (Lipinski definition) is 4. The zero-order valence-electron chi connectivity index (χ0n) is 18.9. The molecule has 37 heavy (non-hydrogen) atoms. The van der Waals surface area contributed by atoms with Crippen molar-refractivity contribution in [2.24, 2.45) is 0 Å². The minimum absolute atomic E-state index is 0.00244. The average Bonchev–Trinajstić information content (AvgIpc) is 3.53.